The summed E-state index contributed by atoms with van der Waals surface area (Å²) in [5.41, 5.74) is 0.134. The number of aromatic nitrogens is 4. The van der Waals surface area contributed by atoms with Gasteiger partial charge in [0.05, 0.1) is 30.8 Å². The molecule has 150 valence electrons. The minimum absolute atomic E-state index is 0.0211. The van der Waals surface area contributed by atoms with Crippen LogP contribution in [0.25, 0.3) is 0 Å². The van der Waals surface area contributed by atoms with E-state index in [0.29, 0.717) is 36.2 Å². The van der Waals surface area contributed by atoms with Crippen LogP contribution in [0.5, 0.6) is 0 Å². The molecule has 3 rings (SSSR count). The highest BCUT2D eigenvalue weighted by Crippen LogP contribution is 2.19. The van der Waals surface area contributed by atoms with Gasteiger partial charge in [-0.1, -0.05) is 5.92 Å². The zero-order valence-electron chi connectivity index (χ0n) is 16.2. The maximum atomic E-state index is 9.87. The molecule has 0 aliphatic carbocycles. The summed E-state index contributed by atoms with van der Waals surface area (Å²) in [6.07, 6.45) is 2.83. The number of anilines is 3. The van der Waals surface area contributed by atoms with Gasteiger partial charge in [-0.25, -0.2) is 9.97 Å². The third kappa shape index (κ3) is 6.36. The van der Waals surface area contributed by atoms with Crippen LogP contribution in [0.15, 0.2) is 18.5 Å². The van der Waals surface area contributed by atoms with Gasteiger partial charge in [0.25, 0.3) is 0 Å². The fourth-order valence-corrected chi connectivity index (χ4v) is 2.45. The molecule has 0 bridgehead atoms. The molecule has 1 fully saturated rings. The van der Waals surface area contributed by atoms with Crippen LogP contribution < -0.4 is 16.0 Å². The number of nitrogens with zero attached hydrogens (tertiary/aromatic N) is 5. The van der Waals surface area contributed by atoms with Gasteiger partial charge in [-0.15, -0.1) is 10.2 Å². The molecule has 0 amide bonds. The first-order valence-corrected chi connectivity index (χ1v) is 9.11. The van der Waals surface area contributed by atoms with Crippen molar-refractivity contribution in [3.8, 4) is 17.9 Å². The lowest BCUT2D eigenvalue weighted by Crippen LogP contribution is -2.42. The Morgan fingerprint density at radius 3 is 2.83 bits per heavy atom. The van der Waals surface area contributed by atoms with Crippen LogP contribution in [-0.2, 0) is 4.74 Å². The number of ether oxygens (including phenoxy) is 1. The number of hydrogen-bond acceptors (Lipinski definition) is 10. The molecule has 1 aliphatic rings. The molecule has 2 aromatic heterocycles. The molecular weight excluding hydrogens is 372 g/mol. The molecule has 10 nitrogen and oxygen atoms in total. The standard InChI is InChI=1S/C19H22N8O2/c1-19(2,28)4-3-15-16(23-11-14-10-21-5-6-29-14)7-17(27-26-15)25-18-12-22-13(8-20)9-24-18/h7,9,12,14,21,28H,5-6,10-11H2,1-2H3,(H2,23,24,25,27). The predicted octanol–water partition coefficient (Wildman–Crippen LogP) is 0.405. The molecule has 1 unspecified atom stereocenters. The van der Waals surface area contributed by atoms with Gasteiger partial charge in [0, 0.05) is 25.7 Å². The zero-order chi connectivity index (χ0) is 20.7. The van der Waals surface area contributed by atoms with E-state index >= 15 is 0 Å². The van der Waals surface area contributed by atoms with Crippen molar-refractivity contribution in [2.24, 2.45) is 0 Å². The van der Waals surface area contributed by atoms with Crippen molar-refractivity contribution in [2.45, 2.75) is 25.6 Å². The highest BCUT2D eigenvalue weighted by atomic mass is 16.5. The second-order valence-electron chi connectivity index (χ2n) is 6.90. The van der Waals surface area contributed by atoms with E-state index in [1.54, 1.807) is 19.9 Å². The summed E-state index contributed by atoms with van der Waals surface area (Å²) in [7, 11) is 0. The van der Waals surface area contributed by atoms with Crippen LogP contribution >= 0.6 is 0 Å². The van der Waals surface area contributed by atoms with Crippen molar-refractivity contribution in [1.82, 2.24) is 25.5 Å². The summed E-state index contributed by atoms with van der Waals surface area (Å²) in [6, 6.07) is 3.66. The van der Waals surface area contributed by atoms with Gasteiger partial charge in [0.15, 0.2) is 17.2 Å². The van der Waals surface area contributed by atoms with Crippen LogP contribution in [0.1, 0.15) is 25.2 Å². The first kappa shape index (κ1) is 20.4. The van der Waals surface area contributed by atoms with E-state index in [4.69, 9.17) is 10.00 Å². The van der Waals surface area contributed by atoms with Crippen molar-refractivity contribution >= 4 is 17.3 Å². The number of morpholine rings is 1. The van der Waals surface area contributed by atoms with E-state index < -0.39 is 5.60 Å². The third-order valence-electron chi connectivity index (χ3n) is 3.83. The highest BCUT2D eigenvalue weighted by molar-refractivity contribution is 5.63. The number of hydrogen-bond donors (Lipinski definition) is 4. The van der Waals surface area contributed by atoms with Gasteiger partial charge < -0.3 is 25.8 Å². The first-order valence-electron chi connectivity index (χ1n) is 9.11. The van der Waals surface area contributed by atoms with Crippen molar-refractivity contribution in [2.75, 3.05) is 36.9 Å². The molecule has 0 aromatic carbocycles. The summed E-state index contributed by atoms with van der Waals surface area (Å²) in [5, 5.41) is 36.5. The smallest absolute Gasteiger partial charge is 0.159 e. The lowest BCUT2D eigenvalue weighted by Gasteiger charge is -2.24. The monoisotopic (exact) mass is 394 g/mol. The van der Waals surface area contributed by atoms with E-state index in [9.17, 15) is 5.11 Å². The average molecular weight is 394 g/mol. The fraction of sp³-hybridized carbons (Fsp3) is 0.421. The molecule has 4 N–H and O–H groups in total. The Hall–Kier alpha value is -3.31. The quantitative estimate of drug-likeness (QED) is 0.527. The normalized spacial score (nSPS) is 16.3. The molecule has 0 spiro atoms. The van der Waals surface area contributed by atoms with Crippen molar-refractivity contribution < 1.29 is 9.84 Å². The van der Waals surface area contributed by atoms with Crippen LogP contribution in [-0.4, -0.2) is 63.2 Å². The second-order valence-corrected chi connectivity index (χ2v) is 6.90. The average Bonchev–Trinajstić information content (AvgIpc) is 2.72. The molecular formula is C19H22N8O2. The van der Waals surface area contributed by atoms with Gasteiger partial charge in [-0.3, -0.25) is 0 Å². The Bertz CT molecular complexity index is 932. The summed E-state index contributed by atoms with van der Waals surface area (Å²) >= 11 is 0. The predicted molar refractivity (Wildman–Crippen MR) is 106 cm³/mol. The van der Waals surface area contributed by atoms with E-state index in [2.05, 4.69) is 48.0 Å². The molecule has 0 radical (unpaired) electrons. The largest absolute Gasteiger partial charge is 0.380 e. The Kier molecular flexibility index (Phi) is 6.52. The van der Waals surface area contributed by atoms with Gasteiger partial charge in [-0.2, -0.15) is 5.26 Å². The van der Waals surface area contributed by atoms with Gasteiger partial charge >= 0.3 is 0 Å². The Morgan fingerprint density at radius 1 is 1.31 bits per heavy atom. The first-order chi connectivity index (χ1) is 13.9. The number of aliphatic hydroxyl groups is 1. The molecule has 10 heteroatoms. The van der Waals surface area contributed by atoms with Crippen molar-refractivity contribution in [1.29, 1.82) is 5.26 Å². The van der Waals surface area contributed by atoms with E-state index in [1.165, 1.54) is 12.4 Å². The lowest BCUT2D eigenvalue weighted by molar-refractivity contribution is 0.0372. The fourth-order valence-electron chi connectivity index (χ4n) is 2.45. The zero-order valence-corrected chi connectivity index (χ0v) is 16.2. The summed E-state index contributed by atoms with van der Waals surface area (Å²) in [6.45, 7) is 6.02. The topological polar surface area (TPSA) is 141 Å². The molecule has 0 saturated carbocycles. The van der Waals surface area contributed by atoms with Crippen LogP contribution in [0.3, 0.4) is 0 Å². The highest BCUT2D eigenvalue weighted by Gasteiger charge is 2.15. The van der Waals surface area contributed by atoms with E-state index in [1.807, 2.05) is 6.07 Å². The number of nitriles is 1. The Labute approximate surface area is 168 Å². The van der Waals surface area contributed by atoms with Gasteiger partial charge in [0.1, 0.15) is 17.5 Å². The molecule has 3 heterocycles. The Morgan fingerprint density at radius 2 is 2.17 bits per heavy atom. The lowest BCUT2D eigenvalue weighted by atomic mass is 10.1. The third-order valence-corrected chi connectivity index (χ3v) is 3.83. The summed E-state index contributed by atoms with van der Waals surface area (Å²) in [4.78, 5) is 8.08. The Balaban J connectivity index is 1.80. The van der Waals surface area contributed by atoms with Crippen LogP contribution in [0.4, 0.5) is 17.3 Å². The molecule has 1 atom stereocenters. The maximum Gasteiger partial charge on any atom is 0.159 e. The summed E-state index contributed by atoms with van der Waals surface area (Å²) < 4.78 is 5.70. The minimum Gasteiger partial charge on any atom is -0.380 e. The van der Waals surface area contributed by atoms with Gasteiger partial charge in [-0.05, 0) is 19.8 Å². The molecule has 1 aliphatic heterocycles. The maximum absolute atomic E-state index is 9.87. The minimum atomic E-state index is -1.15. The summed E-state index contributed by atoms with van der Waals surface area (Å²) in [5.74, 6) is 6.47. The van der Waals surface area contributed by atoms with Crippen molar-refractivity contribution in [3.05, 3.63) is 29.8 Å². The number of rotatable bonds is 5. The number of nitrogens with one attached hydrogen (secondary N) is 3. The molecule has 1 saturated heterocycles. The SMILES string of the molecule is CC(C)(O)C#Cc1nnc(Nc2cnc(C#N)cn2)cc1NCC1CNCCO1. The molecule has 29 heavy (non-hydrogen) atoms. The van der Waals surface area contributed by atoms with Crippen LogP contribution in [0, 0.1) is 23.2 Å². The van der Waals surface area contributed by atoms with Crippen molar-refractivity contribution in [3.63, 3.8) is 0 Å². The second kappa shape index (κ2) is 9.26. The molecule has 2 aromatic rings. The van der Waals surface area contributed by atoms with Gasteiger partial charge in [0.2, 0.25) is 0 Å². The van der Waals surface area contributed by atoms with E-state index in [-0.39, 0.29) is 11.8 Å². The van der Waals surface area contributed by atoms with Crippen LogP contribution in [0.2, 0.25) is 0 Å². The van der Waals surface area contributed by atoms with E-state index in [0.717, 1.165) is 13.1 Å².